The Morgan fingerprint density at radius 1 is 1.07 bits per heavy atom. The molecule has 2 aliphatic heterocycles. The first-order valence-electron chi connectivity index (χ1n) is 9.06. The van der Waals surface area contributed by atoms with E-state index in [0.29, 0.717) is 28.7 Å². The van der Waals surface area contributed by atoms with Gasteiger partial charge in [0.15, 0.2) is 23.0 Å². The summed E-state index contributed by atoms with van der Waals surface area (Å²) in [5, 5.41) is 5.26. The van der Waals surface area contributed by atoms with Crippen molar-refractivity contribution in [2.75, 3.05) is 37.8 Å². The number of rotatable bonds is 5. The van der Waals surface area contributed by atoms with Crippen molar-refractivity contribution in [1.82, 2.24) is 5.32 Å². The van der Waals surface area contributed by atoms with Gasteiger partial charge in [-0.05, 0) is 24.3 Å². The molecule has 0 spiro atoms. The maximum absolute atomic E-state index is 13.0. The molecule has 156 valence electrons. The molecule has 2 aliphatic rings. The van der Waals surface area contributed by atoms with Crippen LogP contribution < -0.4 is 34.5 Å². The Hall–Kier alpha value is -3.95. The third-order valence-corrected chi connectivity index (χ3v) is 4.76. The van der Waals surface area contributed by atoms with Gasteiger partial charge in [0.1, 0.15) is 5.92 Å². The number of methoxy groups -OCH3 is 2. The number of hydrogen-bond acceptors (Lipinski definition) is 7. The number of nitrogens with one attached hydrogen (secondary N) is 2. The van der Waals surface area contributed by atoms with Crippen molar-refractivity contribution in [3.63, 3.8) is 0 Å². The first kappa shape index (κ1) is 19.4. The van der Waals surface area contributed by atoms with Crippen molar-refractivity contribution >= 4 is 29.2 Å². The Kier molecular flexibility index (Phi) is 5.05. The van der Waals surface area contributed by atoms with Crippen LogP contribution in [-0.2, 0) is 9.59 Å². The Morgan fingerprint density at radius 3 is 2.60 bits per heavy atom. The van der Waals surface area contributed by atoms with Gasteiger partial charge < -0.3 is 29.6 Å². The summed E-state index contributed by atoms with van der Waals surface area (Å²) in [6, 6.07) is 8.90. The number of fused-ring (bicyclic) bond motifs is 1. The number of ether oxygens (including phenoxy) is 4. The number of hydrogen-bond donors (Lipinski definition) is 2. The van der Waals surface area contributed by atoms with Crippen molar-refractivity contribution in [3.05, 3.63) is 36.4 Å². The summed E-state index contributed by atoms with van der Waals surface area (Å²) >= 11 is 0. The Labute approximate surface area is 171 Å². The van der Waals surface area contributed by atoms with E-state index in [1.165, 1.54) is 26.4 Å². The molecular weight excluding hydrogens is 394 g/mol. The van der Waals surface area contributed by atoms with Gasteiger partial charge in [-0.3, -0.25) is 9.59 Å². The van der Waals surface area contributed by atoms with E-state index in [2.05, 4.69) is 10.6 Å². The van der Waals surface area contributed by atoms with E-state index < -0.39 is 23.8 Å². The van der Waals surface area contributed by atoms with Crippen LogP contribution in [0, 0.1) is 5.92 Å². The fourth-order valence-electron chi connectivity index (χ4n) is 3.23. The molecule has 1 saturated heterocycles. The summed E-state index contributed by atoms with van der Waals surface area (Å²) in [7, 11) is 2.92. The minimum Gasteiger partial charge on any atom is -0.493 e. The molecule has 0 saturated carbocycles. The van der Waals surface area contributed by atoms with Gasteiger partial charge in [0, 0.05) is 24.4 Å². The molecule has 2 aromatic rings. The topological polar surface area (TPSA) is 115 Å². The summed E-state index contributed by atoms with van der Waals surface area (Å²) in [5.41, 5.74) is 0.711. The first-order chi connectivity index (χ1) is 14.5. The van der Waals surface area contributed by atoms with E-state index in [1.54, 1.807) is 24.3 Å². The zero-order valence-corrected chi connectivity index (χ0v) is 16.3. The quantitative estimate of drug-likeness (QED) is 0.718. The monoisotopic (exact) mass is 413 g/mol. The molecule has 4 amide bonds. The van der Waals surface area contributed by atoms with E-state index >= 15 is 0 Å². The summed E-state index contributed by atoms with van der Waals surface area (Å²) < 4.78 is 20.9. The molecule has 2 N–H and O–H groups in total. The zero-order chi connectivity index (χ0) is 21.3. The lowest BCUT2D eigenvalue weighted by Gasteiger charge is -2.31. The molecule has 10 heteroatoms. The number of amides is 4. The fourth-order valence-corrected chi connectivity index (χ4v) is 3.23. The van der Waals surface area contributed by atoms with Crippen LogP contribution in [-0.4, -0.2) is 45.4 Å². The highest BCUT2D eigenvalue weighted by molar-refractivity contribution is 6.23. The van der Waals surface area contributed by atoms with Crippen LogP contribution in [0.25, 0.3) is 0 Å². The Morgan fingerprint density at radius 2 is 1.83 bits per heavy atom. The molecule has 0 aromatic heterocycles. The number of benzene rings is 2. The summed E-state index contributed by atoms with van der Waals surface area (Å²) in [4.78, 5) is 39.0. The number of imide groups is 1. The highest BCUT2D eigenvalue weighted by Gasteiger charge is 2.40. The Bertz CT molecular complexity index is 1020. The predicted octanol–water partition coefficient (Wildman–Crippen LogP) is 1.74. The molecule has 2 heterocycles. The maximum atomic E-state index is 13.0. The second kappa shape index (κ2) is 7.82. The van der Waals surface area contributed by atoms with Gasteiger partial charge in [0.2, 0.25) is 18.6 Å². The Balaban J connectivity index is 1.55. The summed E-state index contributed by atoms with van der Waals surface area (Å²) in [6.45, 7) is -0.00198. The normalized spacial score (nSPS) is 17.4. The number of urea groups is 1. The smallest absolute Gasteiger partial charge is 0.328 e. The molecule has 4 rings (SSSR count). The van der Waals surface area contributed by atoms with Crippen LogP contribution in [0.5, 0.6) is 23.0 Å². The lowest BCUT2D eigenvalue weighted by Crippen LogP contribution is -2.58. The van der Waals surface area contributed by atoms with Crippen molar-refractivity contribution < 1.29 is 33.3 Å². The van der Waals surface area contributed by atoms with Crippen molar-refractivity contribution in [3.8, 4) is 23.0 Å². The molecule has 30 heavy (non-hydrogen) atoms. The number of carbonyl (C=O) groups excluding carboxylic acids is 3. The fraction of sp³-hybridized carbons (Fsp3) is 0.250. The minimum absolute atomic E-state index is 0.111. The first-order valence-corrected chi connectivity index (χ1v) is 9.06. The summed E-state index contributed by atoms with van der Waals surface area (Å²) in [6.07, 6.45) is 0. The van der Waals surface area contributed by atoms with Crippen LogP contribution in [0.4, 0.5) is 16.2 Å². The minimum atomic E-state index is -1.11. The highest BCUT2D eigenvalue weighted by atomic mass is 16.7. The van der Waals surface area contributed by atoms with Gasteiger partial charge in [0.25, 0.3) is 0 Å². The van der Waals surface area contributed by atoms with Gasteiger partial charge >= 0.3 is 6.03 Å². The second-order valence-corrected chi connectivity index (χ2v) is 6.51. The van der Waals surface area contributed by atoms with Crippen molar-refractivity contribution in [1.29, 1.82) is 0 Å². The SMILES string of the molecule is COc1ccc(N2C(=O)NCC(C(=O)Nc3ccc4c(c3)OCO4)C2=O)cc1OC. The molecule has 1 unspecified atom stereocenters. The van der Waals surface area contributed by atoms with Crippen LogP contribution in [0.2, 0.25) is 0 Å². The highest BCUT2D eigenvalue weighted by Crippen LogP contribution is 2.35. The lowest BCUT2D eigenvalue weighted by atomic mass is 10.0. The van der Waals surface area contributed by atoms with Gasteiger partial charge in [-0.2, -0.15) is 0 Å². The standard InChI is InChI=1S/C20H19N3O7/c1-27-14-6-4-12(8-16(14)28-2)23-19(25)13(9-21-20(23)26)18(24)22-11-3-5-15-17(7-11)30-10-29-15/h3-8,13H,9-10H2,1-2H3,(H,21,26)(H,22,24). The van der Waals surface area contributed by atoms with Gasteiger partial charge in [-0.1, -0.05) is 0 Å². The van der Waals surface area contributed by atoms with Crippen LogP contribution in [0.15, 0.2) is 36.4 Å². The van der Waals surface area contributed by atoms with E-state index in [4.69, 9.17) is 18.9 Å². The third-order valence-electron chi connectivity index (χ3n) is 4.76. The van der Waals surface area contributed by atoms with Crippen molar-refractivity contribution in [2.45, 2.75) is 0 Å². The summed E-state index contributed by atoms with van der Waals surface area (Å²) in [5.74, 6) is -0.433. The van der Waals surface area contributed by atoms with Gasteiger partial charge in [0.05, 0.1) is 19.9 Å². The zero-order valence-electron chi connectivity index (χ0n) is 16.3. The molecule has 1 fully saturated rings. The third kappa shape index (κ3) is 3.43. The van der Waals surface area contributed by atoms with E-state index in [-0.39, 0.29) is 19.0 Å². The number of carbonyl (C=O) groups is 3. The van der Waals surface area contributed by atoms with Crippen LogP contribution >= 0.6 is 0 Å². The average Bonchev–Trinajstić information content (AvgIpc) is 3.21. The lowest BCUT2D eigenvalue weighted by molar-refractivity contribution is -0.130. The van der Waals surface area contributed by atoms with Crippen LogP contribution in [0.1, 0.15) is 0 Å². The van der Waals surface area contributed by atoms with Crippen LogP contribution in [0.3, 0.4) is 0 Å². The van der Waals surface area contributed by atoms with Gasteiger partial charge in [-0.25, -0.2) is 9.69 Å². The maximum Gasteiger partial charge on any atom is 0.328 e. The average molecular weight is 413 g/mol. The molecule has 1 atom stereocenters. The van der Waals surface area contributed by atoms with Gasteiger partial charge in [-0.15, -0.1) is 0 Å². The molecule has 0 aliphatic carbocycles. The van der Waals surface area contributed by atoms with E-state index in [1.807, 2.05) is 0 Å². The molecule has 10 nitrogen and oxygen atoms in total. The number of anilines is 2. The number of nitrogens with zero attached hydrogens (tertiary/aromatic N) is 1. The predicted molar refractivity (Wildman–Crippen MR) is 105 cm³/mol. The molecule has 0 radical (unpaired) electrons. The van der Waals surface area contributed by atoms with E-state index in [9.17, 15) is 14.4 Å². The molecule has 0 bridgehead atoms. The molecular formula is C20H19N3O7. The van der Waals surface area contributed by atoms with Crippen molar-refractivity contribution in [2.24, 2.45) is 5.92 Å². The molecule has 2 aromatic carbocycles. The second-order valence-electron chi connectivity index (χ2n) is 6.51. The van der Waals surface area contributed by atoms with E-state index in [0.717, 1.165) is 4.90 Å². The largest absolute Gasteiger partial charge is 0.493 e.